The fourth-order valence-corrected chi connectivity index (χ4v) is 2.70. The Balaban J connectivity index is 0.00000180. The summed E-state index contributed by atoms with van der Waals surface area (Å²) < 4.78 is 36.6. The van der Waals surface area contributed by atoms with Gasteiger partial charge in [0.2, 0.25) is 0 Å². The third-order valence-corrected chi connectivity index (χ3v) is 3.63. The quantitative estimate of drug-likeness (QED) is 0.924. The molecule has 1 aliphatic rings. The third-order valence-electron chi connectivity index (χ3n) is 2.82. The van der Waals surface area contributed by atoms with Gasteiger partial charge < -0.3 is 5.73 Å². The van der Waals surface area contributed by atoms with Crippen LogP contribution in [0.3, 0.4) is 0 Å². The van der Waals surface area contributed by atoms with Crippen molar-refractivity contribution in [2.75, 3.05) is 38.5 Å². The number of nitrogens with zero attached hydrogens (tertiary/aromatic N) is 3. The number of hydrogen-bond donors (Lipinski definition) is 1. The lowest BCUT2D eigenvalue weighted by Gasteiger charge is -2.34. The van der Waals surface area contributed by atoms with Gasteiger partial charge in [-0.2, -0.15) is 13.2 Å². The second-order valence-corrected chi connectivity index (χ2v) is 5.48. The third kappa shape index (κ3) is 5.52. The molecule has 1 aromatic heterocycles. The van der Waals surface area contributed by atoms with Crippen LogP contribution in [0.15, 0.2) is 6.20 Å². The molecule has 2 heterocycles. The van der Waals surface area contributed by atoms with Crippen LogP contribution in [0.4, 0.5) is 18.3 Å². The van der Waals surface area contributed by atoms with Crippen molar-refractivity contribution in [3.8, 4) is 0 Å². The molecule has 0 aromatic carbocycles. The van der Waals surface area contributed by atoms with E-state index in [0.717, 1.165) is 4.88 Å². The summed E-state index contributed by atoms with van der Waals surface area (Å²) in [5.41, 5.74) is 5.53. The van der Waals surface area contributed by atoms with Gasteiger partial charge in [0, 0.05) is 43.8 Å². The Hall–Kier alpha value is -0.570. The van der Waals surface area contributed by atoms with Crippen molar-refractivity contribution in [2.24, 2.45) is 0 Å². The van der Waals surface area contributed by atoms with Crippen molar-refractivity contribution in [3.05, 3.63) is 11.1 Å². The lowest BCUT2D eigenvalue weighted by Crippen LogP contribution is -2.48. The number of nitrogens with two attached hydrogens (primary N) is 1. The summed E-state index contributed by atoms with van der Waals surface area (Å²) in [5, 5.41) is 0.528. The number of rotatable bonds is 3. The van der Waals surface area contributed by atoms with Gasteiger partial charge >= 0.3 is 6.18 Å². The number of piperazine rings is 1. The van der Waals surface area contributed by atoms with Gasteiger partial charge in [-0.15, -0.1) is 23.7 Å². The molecule has 0 amide bonds. The van der Waals surface area contributed by atoms with E-state index in [1.54, 1.807) is 6.20 Å². The monoisotopic (exact) mass is 316 g/mol. The lowest BCUT2D eigenvalue weighted by molar-refractivity contribution is -0.149. The van der Waals surface area contributed by atoms with Crippen molar-refractivity contribution in [3.63, 3.8) is 0 Å². The van der Waals surface area contributed by atoms with E-state index in [1.807, 2.05) is 0 Å². The van der Waals surface area contributed by atoms with Crippen LogP contribution in [0.1, 0.15) is 4.88 Å². The molecule has 0 aliphatic carbocycles. The number of anilines is 1. The minimum absolute atomic E-state index is 0. The van der Waals surface area contributed by atoms with E-state index in [9.17, 15) is 13.2 Å². The molecule has 4 nitrogen and oxygen atoms in total. The molecule has 0 saturated carbocycles. The Labute approximate surface area is 119 Å². The topological polar surface area (TPSA) is 45.4 Å². The molecule has 0 spiro atoms. The number of aromatic nitrogens is 1. The van der Waals surface area contributed by atoms with Gasteiger partial charge in [-0.25, -0.2) is 4.98 Å². The van der Waals surface area contributed by atoms with Crippen LogP contribution in [0.2, 0.25) is 0 Å². The minimum atomic E-state index is -4.10. The summed E-state index contributed by atoms with van der Waals surface area (Å²) in [4.78, 5) is 8.58. The van der Waals surface area contributed by atoms with Crippen molar-refractivity contribution in [1.29, 1.82) is 0 Å². The molecule has 0 bridgehead atoms. The van der Waals surface area contributed by atoms with Crippen LogP contribution in [0, 0.1) is 0 Å². The lowest BCUT2D eigenvalue weighted by atomic mass is 10.3. The highest BCUT2D eigenvalue weighted by Crippen LogP contribution is 2.20. The number of nitrogen functional groups attached to an aromatic ring is 1. The van der Waals surface area contributed by atoms with Crippen LogP contribution < -0.4 is 5.73 Å². The Morgan fingerprint density at radius 3 is 2.26 bits per heavy atom. The molecule has 19 heavy (non-hydrogen) atoms. The average molecular weight is 317 g/mol. The number of halogens is 4. The van der Waals surface area contributed by atoms with E-state index >= 15 is 0 Å². The summed E-state index contributed by atoms with van der Waals surface area (Å²) in [6, 6.07) is 0. The van der Waals surface area contributed by atoms with Crippen LogP contribution >= 0.6 is 23.7 Å². The molecular weight excluding hydrogens is 301 g/mol. The maximum absolute atomic E-state index is 12.2. The molecular formula is C10H16ClF3N4S. The predicted octanol–water partition coefficient (Wildman–Crippen LogP) is 1.83. The Kier molecular flexibility index (Phi) is 5.84. The normalized spacial score (nSPS) is 18.3. The highest BCUT2D eigenvalue weighted by Gasteiger charge is 2.32. The second-order valence-electron chi connectivity index (χ2n) is 4.33. The van der Waals surface area contributed by atoms with Gasteiger partial charge in [0.25, 0.3) is 0 Å². The number of thiazole rings is 1. The van der Waals surface area contributed by atoms with Gasteiger partial charge in [0.05, 0.1) is 6.54 Å². The fraction of sp³-hybridized carbons (Fsp3) is 0.700. The largest absolute Gasteiger partial charge is 0.401 e. The van der Waals surface area contributed by atoms with Gasteiger partial charge in [-0.1, -0.05) is 0 Å². The minimum Gasteiger partial charge on any atom is -0.375 e. The molecule has 1 fully saturated rings. The Morgan fingerprint density at radius 2 is 1.79 bits per heavy atom. The van der Waals surface area contributed by atoms with Crippen molar-refractivity contribution in [1.82, 2.24) is 14.8 Å². The summed E-state index contributed by atoms with van der Waals surface area (Å²) in [6.07, 6.45) is -2.38. The Morgan fingerprint density at radius 1 is 1.21 bits per heavy atom. The zero-order valence-corrected chi connectivity index (χ0v) is 11.8. The van der Waals surface area contributed by atoms with Gasteiger partial charge in [0.1, 0.15) is 0 Å². The molecule has 0 atom stereocenters. The second kappa shape index (κ2) is 6.74. The summed E-state index contributed by atoms with van der Waals surface area (Å²) in [5.74, 6) is 0. The molecule has 2 rings (SSSR count). The first kappa shape index (κ1) is 16.5. The van der Waals surface area contributed by atoms with E-state index in [4.69, 9.17) is 5.73 Å². The summed E-state index contributed by atoms with van der Waals surface area (Å²) >= 11 is 1.42. The van der Waals surface area contributed by atoms with E-state index in [-0.39, 0.29) is 12.4 Å². The smallest absolute Gasteiger partial charge is 0.375 e. The number of alkyl halides is 3. The van der Waals surface area contributed by atoms with Crippen LogP contribution in [-0.4, -0.2) is 53.7 Å². The van der Waals surface area contributed by atoms with Crippen LogP contribution in [-0.2, 0) is 6.54 Å². The molecule has 1 aromatic rings. The zero-order valence-electron chi connectivity index (χ0n) is 10.2. The van der Waals surface area contributed by atoms with E-state index in [0.29, 0.717) is 37.9 Å². The van der Waals surface area contributed by atoms with Gasteiger partial charge in [-0.3, -0.25) is 9.80 Å². The first-order valence-electron chi connectivity index (χ1n) is 5.64. The maximum atomic E-state index is 12.2. The Bertz CT molecular complexity index is 390. The SMILES string of the molecule is Cl.Nc1ncc(CN2CCN(CC(F)(F)F)CC2)s1. The van der Waals surface area contributed by atoms with Crippen LogP contribution in [0.25, 0.3) is 0 Å². The van der Waals surface area contributed by atoms with E-state index < -0.39 is 12.7 Å². The molecule has 1 aliphatic heterocycles. The molecule has 0 unspecified atom stereocenters. The van der Waals surface area contributed by atoms with Gasteiger partial charge in [0.15, 0.2) is 5.13 Å². The predicted molar refractivity (Wildman–Crippen MR) is 71.5 cm³/mol. The van der Waals surface area contributed by atoms with E-state index in [1.165, 1.54) is 16.2 Å². The zero-order chi connectivity index (χ0) is 13.2. The maximum Gasteiger partial charge on any atom is 0.401 e. The van der Waals surface area contributed by atoms with Crippen molar-refractivity contribution in [2.45, 2.75) is 12.7 Å². The molecule has 9 heteroatoms. The van der Waals surface area contributed by atoms with Crippen LogP contribution in [0.5, 0.6) is 0 Å². The molecule has 2 N–H and O–H groups in total. The van der Waals surface area contributed by atoms with E-state index in [2.05, 4.69) is 9.88 Å². The molecule has 110 valence electrons. The van der Waals surface area contributed by atoms with Gasteiger partial charge in [-0.05, 0) is 0 Å². The molecule has 1 saturated heterocycles. The number of hydrogen-bond acceptors (Lipinski definition) is 5. The molecule has 0 radical (unpaired) electrons. The summed E-state index contributed by atoms with van der Waals surface area (Å²) in [6.45, 7) is 2.10. The van der Waals surface area contributed by atoms with Crippen molar-refractivity contribution >= 4 is 28.9 Å². The standard InChI is InChI=1S/C10H15F3N4S.ClH/c11-10(12,13)7-17-3-1-16(2-4-17)6-8-5-15-9(14)18-8;/h5H,1-4,6-7H2,(H2,14,15);1H. The highest BCUT2D eigenvalue weighted by molar-refractivity contribution is 7.15. The first-order valence-corrected chi connectivity index (χ1v) is 6.46. The fourth-order valence-electron chi connectivity index (χ4n) is 1.98. The average Bonchev–Trinajstić information content (AvgIpc) is 2.65. The van der Waals surface area contributed by atoms with Crippen molar-refractivity contribution < 1.29 is 13.2 Å². The highest BCUT2D eigenvalue weighted by atomic mass is 35.5. The first-order chi connectivity index (χ1) is 8.42. The summed E-state index contributed by atoms with van der Waals surface area (Å²) in [7, 11) is 0.